The van der Waals surface area contributed by atoms with Gasteiger partial charge in [-0.2, -0.15) is 5.10 Å². The van der Waals surface area contributed by atoms with E-state index in [2.05, 4.69) is 67.6 Å². The van der Waals surface area contributed by atoms with Gasteiger partial charge >= 0.3 is 0 Å². The van der Waals surface area contributed by atoms with Crippen LogP contribution in [0.4, 0.5) is 0 Å². The van der Waals surface area contributed by atoms with Crippen LogP contribution in [0.3, 0.4) is 0 Å². The first kappa shape index (κ1) is 16.5. The van der Waals surface area contributed by atoms with Crippen molar-refractivity contribution in [1.29, 1.82) is 0 Å². The van der Waals surface area contributed by atoms with Crippen LogP contribution in [-0.4, -0.2) is 39.9 Å². The predicted molar refractivity (Wildman–Crippen MR) is 88.4 cm³/mol. The number of nitrogens with zero attached hydrogens (tertiary/aromatic N) is 3. The van der Waals surface area contributed by atoms with E-state index in [1.165, 1.54) is 11.4 Å². The molecule has 0 radical (unpaired) electrons. The number of aryl methyl sites for hydroxylation is 2. The third-order valence-corrected chi connectivity index (χ3v) is 4.69. The summed E-state index contributed by atoms with van der Waals surface area (Å²) < 4.78 is 2.17. The Kier molecular flexibility index (Phi) is 5.10. The van der Waals surface area contributed by atoms with Crippen LogP contribution < -0.4 is 5.32 Å². The molecule has 4 heteroatoms. The van der Waals surface area contributed by atoms with E-state index in [1.54, 1.807) is 0 Å². The van der Waals surface area contributed by atoms with Gasteiger partial charge in [0.25, 0.3) is 0 Å². The van der Waals surface area contributed by atoms with Gasteiger partial charge in [0, 0.05) is 38.3 Å². The van der Waals surface area contributed by atoms with Gasteiger partial charge in [-0.05, 0) is 31.7 Å². The fourth-order valence-electron chi connectivity index (χ4n) is 3.02. The van der Waals surface area contributed by atoms with Gasteiger partial charge in [-0.1, -0.05) is 27.7 Å². The summed E-state index contributed by atoms with van der Waals surface area (Å²) in [6.45, 7) is 17.8. The summed E-state index contributed by atoms with van der Waals surface area (Å²) in [5.74, 6) is 0. The van der Waals surface area contributed by atoms with Crippen LogP contribution in [-0.2, 0) is 19.5 Å². The van der Waals surface area contributed by atoms with Gasteiger partial charge in [0.05, 0.1) is 11.4 Å². The Labute approximate surface area is 129 Å². The summed E-state index contributed by atoms with van der Waals surface area (Å²) in [7, 11) is 0. The molecule has 21 heavy (non-hydrogen) atoms. The average Bonchev–Trinajstić information content (AvgIpc) is 2.82. The number of rotatable bonds is 4. The molecular weight excluding hydrogens is 260 g/mol. The molecular formula is C17H32N4. The van der Waals surface area contributed by atoms with Crippen molar-refractivity contribution < 1.29 is 0 Å². The summed E-state index contributed by atoms with van der Waals surface area (Å²) in [6, 6.07) is 3.41. The van der Waals surface area contributed by atoms with Crippen LogP contribution in [0, 0.1) is 5.41 Å². The molecule has 1 fully saturated rings. The highest BCUT2D eigenvalue weighted by Crippen LogP contribution is 2.24. The quantitative estimate of drug-likeness (QED) is 0.926. The van der Waals surface area contributed by atoms with Crippen molar-refractivity contribution in [2.75, 3.05) is 13.1 Å². The zero-order valence-electron chi connectivity index (χ0n) is 14.6. The molecule has 1 saturated heterocycles. The minimum Gasteiger partial charge on any atom is -0.311 e. The second-order valence-corrected chi connectivity index (χ2v) is 7.40. The largest absolute Gasteiger partial charge is 0.311 e. The van der Waals surface area contributed by atoms with Gasteiger partial charge in [0.2, 0.25) is 0 Å². The molecule has 4 nitrogen and oxygen atoms in total. The van der Waals surface area contributed by atoms with Gasteiger partial charge in [-0.3, -0.25) is 9.58 Å². The van der Waals surface area contributed by atoms with Crippen LogP contribution in [0.25, 0.3) is 0 Å². The first-order valence-corrected chi connectivity index (χ1v) is 8.38. The highest BCUT2D eigenvalue weighted by molar-refractivity contribution is 5.11. The van der Waals surface area contributed by atoms with Crippen LogP contribution in [0.15, 0.2) is 6.07 Å². The smallest absolute Gasteiger partial charge is 0.0625 e. The number of hydrogen-bond donors (Lipinski definition) is 1. The lowest BCUT2D eigenvalue weighted by molar-refractivity contribution is 0.0854. The van der Waals surface area contributed by atoms with E-state index in [-0.39, 0.29) is 0 Å². The van der Waals surface area contributed by atoms with E-state index < -0.39 is 0 Å². The number of nitrogens with one attached hydrogen (secondary N) is 1. The molecule has 2 atom stereocenters. The normalized spacial score (nSPS) is 24.5. The summed E-state index contributed by atoms with van der Waals surface area (Å²) in [5.41, 5.74) is 2.87. The van der Waals surface area contributed by atoms with E-state index in [9.17, 15) is 0 Å². The Bertz CT molecular complexity index is 458. The van der Waals surface area contributed by atoms with Crippen molar-refractivity contribution in [3.63, 3.8) is 0 Å². The lowest BCUT2D eigenvalue weighted by Crippen LogP contribution is -2.59. The molecule has 0 aliphatic carbocycles. The maximum atomic E-state index is 4.68. The van der Waals surface area contributed by atoms with Crippen molar-refractivity contribution in [2.45, 2.75) is 73.1 Å². The van der Waals surface area contributed by atoms with Crippen molar-refractivity contribution in [3.05, 3.63) is 17.5 Å². The lowest BCUT2D eigenvalue weighted by Gasteiger charge is -2.44. The molecule has 2 rings (SSSR count). The van der Waals surface area contributed by atoms with Crippen molar-refractivity contribution >= 4 is 0 Å². The van der Waals surface area contributed by atoms with E-state index in [0.717, 1.165) is 32.6 Å². The monoisotopic (exact) mass is 292 g/mol. The Balaban J connectivity index is 2.11. The minimum atomic E-state index is 0.304. The van der Waals surface area contributed by atoms with E-state index in [1.807, 2.05) is 0 Å². The fraction of sp³-hybridized carbons (Fsp3) is 0.824. The third kappa shape index (κ3) is 3.86. The fourth-order valence-corrected chi connectivity index (χ4v) is 3.02. The summed E-state index contributed by atoms with van der Waals surface area (Å²) >= 11 is 0. The summed E-state index contributed by atoms with van der Waals surface area (Å²) in [5, 5.41) is 8.39. The van der Waals surface area contributed by atoms with Gasteiger partial charge in [0.15, 0.2) is 0 Å². The zero-order valence-corrected chi connectivity index (χ0v) is 14.6. The third-order valence-electron chi connectivity index (χ3n) is 4.69. The predicted octanol–water partition coefficient (Wildman–Crippen LogP) is 2.67. The lowest BCUT2D eigenvalue weighted by atomic mass is 9.85. The van der Waals surface area contributed by atoms with Gasteiger partial charge in [-0.25, -0.2) is 0 Å². The zero-order chi connectivity index (χ0) is 15.6. The first-order valence-electron chi connectivity index (χ1n) is 8.38. The van der Waals surface area contributed by atoms with Gasteiger partial charge in [-0.15, -0.1) is 0 Å². The Hall–Kier alpha value is -0.870. The van der Waals surface area contributed by atoms with Crippen LogP contribution in [0.5, 0.6) is 0 Å². The van der Waals surface area contributed by atoms with E-state index in [0.29, 0.717) is 17.5 Å². The second kappa shape index (κ2) is 6.49. The molecule has 1 aliphatic heterocycles. The second-order valence-electron chi connectivity index (χ2n) is 7.40. The van der Waals surface area contributed by atoms with Crippen molar-refractivity contribution in [3.8, 4) is 0 Å². The Morgan fingerprint density at radius 2 is 2.05 bits per heavy atom. The first-order chi connectivity index (χ1) is 9.85. The maximum Gasteiger partial charge on any atom is 0.0625 e. The molecule has 0 bridgehead atoms. The summed E-state index contributed by atoms with van der Waals surface area (Å²) in [4.78, 5) is 2.61. The van der Waals surface area contributed by atoms with Gasteiger partial charge in [0.1, 0.15) is 0 Å². The SMILES string of the molecule is CCc1cc(CN2CC(C(C)(C)C)NCC2C)n(CC)n1. The molecule has 0 spiro atoms. The van der Waals surface area contributed by atoms with Crippen molar-refractivity contribution in [1.82, 2.24) is 20.0 Å². The van der Waals surface area contributed by atoms with E-state index in [4.69, 9.17) is 0 Å². The topological polar surface area (TPSA) is 33.1 Å². The minimum absolute atomic E-state index is 0.304. The Morgan fingerprint density at radius 3 is 2.62 bits per heavy atom. The molecule has 1 N–H and O–H groups in total. The molecule has 1 aromatic rings. The maximum absolute atomic E-state index is 4.68. The molecule has 2 unspecified atom stereocenters. The highest BCUT2D eigenvalue weighted by atomic mass is 15.3. The van der Waals surface area contributed by atoms with Crippen LogP contribution in [0.2, 0.25) is 0 Å². The number of hydrogen-bond acceptors (Lipinski definition) is 3. The molecule has 1 aromatic heterocycles. The molecule has 0 saturated carbocycles. The standard InChI is InChI=1S/C17H32N4/c1-7-14-9-15(21(8-2)19-14)11-20-12-16(17(4,5)6)18-10-13(20)3/h9,13,16,18H,7-8,10-12H2,1-6H3. The summed E-state index contributed by atoms with van der Waals surface area (Å²) in [6.07, 6.45) is 1.02. The van der Waals surface area contributed by atoms with Crippen molar-refractivity contribution in [2.24, 2.45) is 5.41 Å². The van der Waals surface area contributed by atoms with Crippen LogP contribution in [0.1, 0.15) is 52.9 Å². The average molecular weight is 292 g/mol. The van der Waals surface area contributed by atoms with Crippen LogP contribution >= 0.6 is 0 Å². The molecule has 2 heterocycles. The number of piperazine rings is 1. The van der Waals surface area contributed by atoms with E-state index >= 15 is 0 Å². The van der Waals surface area contributed by atoms with Gasteiger partial charge < -0.3 is 5.32 Å². The molecule has 0 aromatic carbocycles. The highest BCUT2D eigenvalue weighted by Gasteiger charge is 2.32. The Morgan fingerprint density at radius 1 is 1.33 bits per heavy atom. The molecule has 1 aliphatic rings. The molecule has 0 amide bonds. The number of aromatic nitrogens is 2. The molecule has 120 valence electrons.